The van der Waals surface area contributed by atoms with Crippen molar-refractivity contribution in [3.05, 3.63) is 101 Å². The molecule has 0 N–H and O–H groups in total. The number of hydrogen-bond acceptors (Lipinski definition) is 2. The van der Waals surface area contributed by atoms with Gasteiger partial charge in [-0.05, 0) is 73.5 Å². The number of carbonyl (C=O) groups is 1. The normalized spacial score (nSPS) is 14.1. The Bertz CT molecular complexity index is 986. The van der Waals surface area contributed by atoms with E-state index in [0.29, 0.717) is 11.6 Å². The minimum absolute atomic E-state index is 0.0931. The molecule has 3 rings (SSSR count). The minimum atomic E-state index is -0.500. The molecule has 0 saturated heterocycles. The number of allylic oxidation sites excluding steroid dienone is 3. The van der Waals surface area contributed by atoms with Crippen LogP contribution in [0, 0.1) is 5.82 Å². The maximum atomic E-state index is 14.2. The molecule has 0 fully saturated rings. The number of carbonyl (C=O) groups excluding carboxylic acids is 1. The monoisotopic (exact) mass is 518 g/mol. The van der Waals surface area contributed by atoms with E-state index in [1.807, 2.05) is 45.2 Å². The summed E-state index contributed by atoms with van der Waals surface area (Å²) in [6.07, 6.45) is 9.43. The van der Waals surface area contributed by atoms with Crippen LogP contribution in [-0.4, -0.2) is 30.4 Å². The minimum Gasteiger partial charge on any atom is -0.377 e. The first-order chi connectivity index (χ1) is 17.0. The number of amides is 1. The zero-order valence-corrected chi connectivity index (χ0v) is 22.7. The molecule has 1 unspecified atom stereocenters. The first-order valence-corrected chi connectivity index (χ1v) is 12.9. The van der Waals surface area contributed by atoms with Crippen LogP contribution in [0.3, 0.4) is 0 Å². The van der Waals surface area contributed by atoms with Crippen molar-refractivity contribution in [2.75, 3.05) is 24.5 Å². The molecular weight excluding hydrogens is 482 g/mol. The molecule has 6 heteroatoms. The SMILES string of the molecule is C/C=C/Cl.C=C/C=C/N(CCC)CCC1CN(C(=O)c2ccccc2F)c2ccc(Cl)cc21.CC. The topological polar surface area (TPSA) is 23.6 Å². The standard InChI is InChI=1S/C24H26ClFN2O.C3H5Cl.C2H6/c1-3-5-14-27(13-4-2)15-12-18-17-28(23-11-10-19(25)16-21(18)23)24(29)20-8-6-7-9-22(20)26;1-2-3-4;1-2/h3,5-11,14,16,18H,1,4,12-13,15,17H2,2H3;2-3H,1H3;1-2H3/b14-5+;3-2+;. The predicted molar refractivity (Wildman–Crippen MR) is 150 cm³/mol. The Morgan fingerprint density at radius 3 is 2.51 bits per heavy atom. The zero-order chi connectivity index (χ0) is 26.2. The summed E-state index contributed by atoms with van der Waals surface area (Å²) in [7, 11) is 0. The molecule has 0 aromatic heterocycles. The highest BCUT2D eigenvalue weighted by Gasteiger charge is 2.33. The first-order valence-electron chi connectivity index (χ1n) is 12.1. The lowest BCUT2D eigenvalue weighted by Gasteiger charge is -2.22. The van der Waals surface area contributed by atoms with Gasteiger partial charge in [0.15, 0.2) is 0 Å². The van der Waals surface area contributed by atoms with Crippen molar-refractivity contribution < 1.29 is 9.18 Å². The van der Waals surface area contributed by atoms with Crippen molar-refractivity contribution in [2.24, 2.45) is 0 Å². The number of nitrogens with zero attached hydrogens (tertiary/aromatic N) is 2. The van der Waals surface area contributed by atoms with Gasteiger partial charge in [0.2, 0.25) is 0 Å². The highest BCUT2D eigenvalue weighted by molar-refractivity contribution is 6.30. The smallest absolute Gasteiger partial charge is 0.261 e. The maximum absolute atomic E-state index is 14.2. The molecule has 2 aromatic rings. The largest absolute Gasteiger partial charge is 0.377 e. The van der Waals surface area contributed by atoms with Crippen molar-refractivity contribution in [3.8, 4) is 0 Å². The third kappa shape index (κ3) is 9.19. The zero-order valence-electron chi connectivity index (χ0n) is 21.2. The van der Waals surface area contributed by atoms with Gasteiger partial charge < -0.3 is 9.80 Å². The Morgan fingerprint density at radius 2 is 1.91 bits per heavy atom. The van der Waals surface area contributed by atoms with Gasteiger partial charge in [-0.15, -0.1) is 0 Å². The molecule has 0 bridgehead atoms. The van der Waals surface area contributed by atoms with Crippen LogP contribution in [0.5, 0.6) is 0 Å². The second-order valence-electron chi connectivity index (χ2n) is 7.66. The third-order valence-corrected chi connectivity index (χ3v) is 5.79. The van der Waals surface area contributed by atoms with Crippen LogP contribution in [0.2, 0.25) is 5.02 Å². The highest BCUT2D eigenvalue weighted by atomic mass is 35.5. The van der Waals surface area contributed by atoms with Gasteiger partial charge in [0.25, 0.3) is 5.91 Å². The number of hydrogen-bond donors (Lipinski definition) is 0. The fourth-order valence-electron chi connectivity index (χ4n) is 3.79. The molecule has 190 valence electrons. The molecule has 1 heterocycles. The number of rotatable bonds is 8. The molecule has 0 saturated carbocycles. The molecule has 0 aliphatic carbocycles. The van der Waals surface area contributed by atoms with Crippen LogP contribution < -0.4 is 4.90 Å². The highest BCUT2D eigenvalue weighted by Crippen LogP contribution is 2.40. The predicted octanol–water partition coefficient (Wildman–Crippen LogP) is 8.81. The Kier molecular flexibility index (Phi) is 14.8. The van der Waals surface area contributed by atoms with Crippen LogP contribution in [0.4, 0.5) is 10.1 Å². The Balaban J connectivity index is 0.000000926. The molecule has 1 atom stereocenters. The second kappa shape index (κ2) is 17.0. The number of anilines is 1. The summed E-state index contributed by atoms with van der Waals surface area (Å²) >= 11 is 11.2. The van der Waals surface area contributed by atoms with Crippen LogP contribution in [0.25, 0.3) is 0 Å². The van der Waals surface area contributed by atoms with E-state index in [9.17, 15) is 9.18 Å². The van der Waals surface area contributed by atoms with E-state index in [2.05, 4.69) is 18.4 Å². The third-order valence-electron chi connectivity index (χ3n) is 5.31. The van der Waals surface area contributed by atoms with E-state index in [-0.39, 0.29) is 17.4 Å². The van der Waals surface area contributed by atoms with Crippen LogP contribution in [0.1, 0.15) is 62.4 Å². The van der Waals surface area contributed by atoms with Crippen LogP contribution in [0.15, 0.2) is 79.0 Å². The van der Waals surface area contributed by atoms with Crippen molar-refractivity contribution in [3.63, 3.8) is 0 Å². The van der Waals surface area contributed by atoms with Gasteiger partial charge >= 0.3 is 0 Å². The summed E-state index contributed by atoms with van der Waals surface area (Å²) in [6, 6.07) is 11.7. The fraction of sp³-hybridized carbons (Fsp3) is 0.345. The number of fused-ring (bicyclic) bond motifs is 1. The van der Waals surface area contributed by atoms with Gasteiger partial charge in [0, 0.05) is 36.3 Å². The van der Waals surface area contributed by atoms with Gasteiger partial charge in [0.05, 0.1) is 5.56 Å². The van der Waals surface area contributed by atoms with Crippen molar-refractivity contribution >= 4 is 34.8 Å². The molecule has 35 heavy (non-hydrogen) atoms. The lowest BCUT2D eigenvalue weighted by molar-refractivity contribution is 0.0984. The van der Waals surface area contributed by atoms with Crippen LogP contribution in [-0.2, 0) is 0 Å². The average Bonchev–Trinajstić information content (AvgIpc) is 3.24. The van der Waals surface area contributed by atoms with Gasteiger partial charge in [-0.25, -0.2) is 4.39 Å². The van der Waals surface area contributed by atoms with Gasteiger partial charge in [-0.3, -0.25) is 4.79 Å². The van der Waals surface area contributed by atoms with E-state index >= 15 is 0 Å². The van der Waals surface area contributed by atoms with E-state index < -0.39 is 5.82 Å². The van der Waals surface area contributed by atoms with E-state index in [1.54, 1.807) is 35.3 Å². The summed E-state index contributed by atoms with van der Waals surface area (Å²) in [5.74, 6) is -0.665. The summed E-state index contributed by atoms with van der Waals surface area (Å²) in [5, 5.41) is 0.644. The quantitative estimate of drug-likeness (QED) is 0.325. The summed E-state index contributed by atoms with van der Waals surface area (Å²) in [6.45, 7) is 14.1. The summed E-state index contributed by atoms with van der Waals surface area (Å²) < 4.78 is 14.2. The lowest BCUT2D eigenvalue weighted by atomic mass is 9.97. The Morgan fingerprint density at radius 1 is 1.23 bits per heavy atom. The Labute approximate surface area is 220 Å². The summed E-state index contributed by atoms with van der Waals surface area (Å²) in [4.78, 5) is 17.0. The average molecular weight is 520 g/mol. The lowest BCUT2D eigenvalue weighted by Crippen LogP contribution is -2.31. The van der Waals surface area contributed by atoms with E-state index in [4.69, 9.17) is 23.2 Å². The van der Waals surface area contributed by atoms with E-state index in [0.717, 1.165) is 37.2 Å². The first kappa shape index (κ1) is 30.5. The second-order valence-corrected chi connectivity index (χ2v) is 8.35. The van der Waals surface area contributed by atoms with Gasteiger partial charge in [-0.2, -0.15) is 0 Å². The molecule has 0 spiro atoms. The van der Waals surface area contributed by atoms with E-state index in [1.165, 1.54) is 17.7 Å². The summed E-state index contributed by atoms with van der Waals surface area (Å²) in [5.41, 5.74) is 3.43. The van der Waals surface area contributed by atoms with Crippen LogP contribution >= 0.6 is 23.2 Å². The molecule has 0 radical (unpaired) electrons. The molecule has 2 aromatic carbocycles. The molecule has 1 amide bonds. The molecule has 1 aliphatic rings. The van der Waals surface area contributed by atoms with Gasteiger partial charge in [0.1, 0.15) is 5.82 Å². The van der Waals surface area contributed by atoms with Crippen molar-refractivity contribution in [2.45, 2.75) is 46.5 Å². The fourth-order valence-corrected chi connectivity index (χ4v) is 3.97. The molecular formula is C29H37Cl2FN2O. The molecule has 3 nitrogen and oxygen atoms in total. The van der Waals surface area contributed by atoms with Gasteiger partial charge in [-0.1, -0.05) is 74.8 Å². The number of halogens is 3. The number of benzene rings is 2. The maximum Gasteiger partial charge on any atom is 0.261 e. The molecule has 1 aliphatic heterocycles. The Hall–Kier alpha value is -2.56. The van der Waals surface area contributed by atoms with Crippen molar-refractivity contribution in [1.29, 1.82) is 0 Å². The van der Waals surface area contributed by atoms with Crippen molar-refractivity contribution in [1.82, 2.24) is 4.90 Å².